The van der Waals surface area contributed by atoms with Gasteiger partial charge in [0.25, 0.3) is 0 Å². The standard InChI is InChI=1S/C55H78O5P/c1-42(2)17-15-18-43(3)50-28-29-51-49-27-26-44-41-45(30-32-54(44,4)52(49)31-33-55(50,51)5)59-38-36-57-34-35-58-37-39-60-53(56)25-16-40-61(46-19-9-6-10-20-46,47-21-11-7-12-22-47)48-23-13-8-14-24-48/h6-14,19-24,26,42-43,45,49-52H,15-18,25,27-41H2,1-5H3/q+1. The van der Waals surface area contributed by atoms with Crippen molar-refractivity contribution in [2.24, 2.45) is 46.3 Å². The van der Waals surface area contributed by atoms with Crippen LogP contribution in [0, 0.1) is 46.3 Å². The van der Waals surface area contributed by atoms with E-state index >= 15 is 0 Å². The molecule has 3 aromatic carbocycles. The lowest BCUT2D eigenvalue weighted by molar-refractivity contribution is -0.145. The summed E-state index contributed by atoms with van der Waals surface area (Å²) in [7, 11) is -1.96. The summed E-state index contributed by atoms with van der Waals surface area (Å²) in [4.78, 5) is 12.8. The molecule has 4 aliphatic rings. The zero-order valence-electron chi connectivity index (χ0n) is 38.4. The van der Waals surface area contributed by atoms with Crippen molar-refractivity contribution in [1.82, 2.24) is 0 Å². The van der Waals surface area contributed by atoms with Crippen LogP contribution < -0.4 is 15.9 Å². The minimum Gasteiger partial charge on any atom is -0.463 e. The van der Waals surface area contributed by atoms with Crippen molar-refractivity contribution in [2.75, 3.05) is 45.8 Å². The predicted octanol–water partition coefficient (Wildman–Crippen LogP) is 11.8. The first-order valence-electron chi connectivity index (χ1n) is 24.3. The SMILES string of the molecule is CC(C)CCCC(C)C1CCC2C3CC=C4CC(OCCOCCOCCOC(=O)CCC[P+](c5ccccc5)(c5ccccc5)c5ccccc5)CCC4(C)C3CCC12C. The topological polar surface area (TPSA) is 54.0 Å². The number of hydrogen-bond donors (Lipinski definition) is 0. The smallest absolute Gasteiger partial charge is 0.306 e. The van der Waals surface area contributed by atoms with Gasteiger partial charge in [0.2, 0.25) is 0 Å². The van der Waals surface area contributed by atoms with Crippen LogP contribution in [0.25, 0.3) is 0 Å². The van der Waals surface area contributed by atoms with Gasteiger partial charge in [-0.2, -0.15) is 0 Å². The molecule has 0 N–H and O–H groups in total. The summed E-state index contributed by atoms with van der Waals surface area (Å²) in [5.41, 5.74) is 2.60. The van der Waals surface area contributed by atoms with Gasteiger partial charge >= 0.3 is 5.97 Å². The number of rotatable bonds is 22. The lowest BCUT2D eigenvalue weighted by atomic mass is 9.47. The van der Waals surface area contributed by atoms with E-state index in [4.69, 9.17) is 18.9 Å². The van der Waals surface area contributed by atoms with Crippen LogP contribution in [0.4, 0.5) is 0 Å². The highest BCUT2D eigenvalue weighted by atomic mass is 31.2. The Morgan fingerprint density at radius 1 is 0.689 bits per heavy atom. The van der Waals surface area contributed by atoms with E-state index in [1.54, 1.807) is 5.57 Å². The van der Waals surface area contributed by atoms with Gasteiger partial charge in [0.15, 0.2) is 0 Å². The largest absolute Gasteiger partial charge is 0.463 e. The van der Waals surface area contributed by atoms with E-state index in [2.05, 4.69) is 132 Å². The maximum atomic E-state index is 12.8. The summed E-state index contributed by atoms with van der Waals surface area (Å²) in [6.07, 6.45) is 19.8. The molecule has 0 amide bonds. The minimum atomic E-state index is -1.96. The van der Waals surface area contributed by atoms with E-state index in [0.717, 1.165) is 60.9 Å². The van der Waals surface area contributed by atoms with Gasteiger partial charge in [-0.3, -0.25) is 4.79 Å². The molecule has 3 fully saturated rings. The van der Waals surface area contributed by atoms with Gasteiger partial charge in [0.05, 0.1) is 45.3 Å². The molecular formula is C55H78O5P+. The zero-order chi connectivity index (χ0) is 42.7. The van der Waals surface area contributed by atoms with Crippen LogP contribution in [0.1, 0.15) is 118 Å². The van der Waals surface area contributed by atoms with Crippen molar-refractivity contribution in [2.45, 2.75) is 124 Å². The average Bonchev–Trinajstić information content (AvgIpc) is 3.64. The second-order valence-electron chi connectivity index (χ2n) is 20.1. The average molecular weight is 850 g/mol. The molecule has 5 nitrogen and oxygen atoms in total. The maximum absolute atomic E-state index is 12.8. The van der Waals surface area contributed by atoms with E-state index in [9.17, 15) is 4.79 Å². The molecule has 4 aliphatic carbocycles. The molecule has 0 heterocycles. The highest BCUT2D eigenvalue weighted by Crippen LogP contribution is 2.67. The Kier molecular flexibility index (Phi) is 16.4. The van der Waals surface area contributed by atoms with Crippen molar-refractivity contribution >= 4 is 29.1 Å². The Labute approximate surface area is 370 Å². The normalized spacial score (nSPS) is 27.8. The zero-order valence-corrected chi connectivity index (χ0v) is 39.3. The quantitative estimate of drug-likeness (QED) is 0.0436. The highest BCUT2D eigenvalue weighted by molar-refractivity contribution is 7.95. The van der Waals surface area contributed by atoms with Gasteiger partial charge in [0.1, 0.15) is 29.8 Å². The Bertz CT molecular complexity index is 1720. The molecule has 0 aliphatic heterocycles. The van der Waals surface area contributed by atoms with Crippen molar-refractivity contribution < 1.29 is 23.7 Å². The van der Waals surface area contributed by atoms with Gasteiger partial charge in [0, 0.05) is 6.42 Å². The minimum absolute atomic E-state index is 0.169. The fourth-order valence-electron chi connectivity index (χ4n) is 13.0. The van der Waals surface area contributed by atoms with Crippen LogP contribution in [-0.2, 0) is 23.7 Å². The third-order valence-electron chi connectivity index (χ3n) is 16.2. The summed E-state index contributed by atoms with van der Waals surface area (Å²) in [6, 6.07) is 32.5. The molecule has 0 aromatic heterocycles. The molecular weight excluding hydrogens is 772 g/mol. The second kappa shape index (κ2) is 21.7. The van der Waals surface area contributed by atoms with Gasteiger partial charge in [-0.1, -0.05) is 120 Å². The number of fused-ring (bicyclic) bond motifs is 5. The second-order valence-corrected chi connectivity index (χ2v) is 23.7. The molecule has 7 rings (SSSR count). The summed E-state index contributed by atoms with van der Waals surface area (Å²) in [5.74, 6) is 5.08. The van der Waals surface area contributed by atoms with E-state index in [-0.39, 0.29) is 12.6 Å². The van der Waals surface area contributed by atoms with Crippen molar-refractivity contribution in [3.63, 3.8) is 0 Å². The molecule has 0 radical (unpaired) electrons. The van der Waals surface area contributed by atoms with E-state index in [1.165, 1.54) is 73.7 Å². The van der Waals surface area contributed by atoms with Crippen LogP contribution >= 0.6 is 7.26 Å². The summed E-state index contributed by atoms with van der Waals surface area (Å²) < 4.78 is 23.7. The molecule has 0 spiro atoms. The van der Waals surface area contributed by atoms with Crippen molar-refractivity contribution in [3.8, 4) is 0 Å². The number of hydrogen-bond acceptors (Lipinski definition) is 5. The predicted molar refractivity (Wildman–Crippen MR) is 255 cm³/mol. The van der Waals surface area contributed by atoms with Gasteiger partial charge in [-0.15, -0.1) is 0 Å². The molecule has 8 atom stereocenters. The third-order valence-corrected chi connectivity index (χ3v) is 20.7. The van der Waals surface area contributed by atoms with Crippen molar-refractivity contribution in [1.29, 1.82) is 0 Å². The van der Waals surface area contributed by atoms with E-state index in [1.807, 2.05) is 0 Å². The molecule has 3 aromatic rings. The summed E-state index contributed by atoms with van der Waals surface area (Å²) >= 11 is 0. The fourth-order valence-corrected chi connectivity index (χ4v) is 17.4. The van der Waals surface area contributed by atoms with Gasteiger partial charge < -0.3 is 18.9 Å². The Hall–Kier alpha value is -2.82. The van der Waals surface area contributed by atoms with Crippen LogP contribution in [-0.4, -0.2) is 57.9 Å². The molecule has 8 unspecified atom stereocenters. The van der Waals surface area contributed by atoms with E-state index in [0.29, 0.717) is 56.4 Å². The summed E-state index contributed by atoms with van der Waals surface area (Å²) in [6.45, 7) is 15.5. The molecule has 61 heavy (non-hydrogen) atoms. The van der Waals surface area contributed by atoms with Crippen LogP contribution in [0.3, 0.4) is 0 Å². The fraction of sp³-hybridized carbons (Fsp3) is 0.618. The first-order valence-corrected chi connectivity index (χ1v) is 26.3. The maximum Gasteiger partial charge on any atom is 0.306 e. The lowest BCUT2D eigenvalue weighted by Gasteiger charge is -2.58. The van der Waals surface area contributed by atoms with E-state index < -0.39 is 7.26 Å². The Morgan fingerprint density at radius 2 is 1.30 bits per heavy atom. The van der Waals surface area contributed by atoms with Gasteiger partial charge in [-0.25, -0.2) is 0 Å². The first kappa shape index (κ1) is 46.2. The van der Waals surface area contributed by atoms with Crippen LogP contribution in [0.15, 0.2) is 103 Å². The van der Waals surface area contributed by atoms with Crippen LogP contribution in [0.2, 0.25) is 0 Å². The Morgan fingerprint density at radius 3 is 1.92 bits per heavy atom. The molecule has 3 saturated carbocycles. The number of carbonyl (C=O) groups is 1. The first-order chi connectivity index (χ1) is 29.6. The monoisotopic (exact) mass is 850 g/mol. The molecule has 6 heteroatoms. The summed E-state index contributed by atoms with van der Waals surface area (Å²) in [5, 5.41) is 4.00. The molecule has 0 bridgehead atoms. The number of carbonyl (C=O) groups excluding carboxylic acids is 1. The third kappa shape index (κ3) is 10.8. The number of ether oxygens (including phenoxy) is 4. The molecule has 332 valence electrons. The number of esters is 1. The number of allylic oxidation sites excluding steroid dienone is 1. The lowest BCUT2D eigenvalue weighted by Crippen LogP contribution is -2.51. The van der Waals surface area contributed by atoms with Gasteiger partial charge in [-0.05, 0) is 141 Å². The van der Waals surface area contributed by atoms with Crippen molar-refractivity contribution in [3.05, 3.63) is 103 Å². The number of benzene rings is 3. The highest BCUT2D eigenvalue weighted by Gasteiger charge is 2.59. The Balaban J connectivity index is 0.771. The molecule has 0 saturated heterocycles. The van der Waals surface area contributed by atoms with Crippen LogP contribution in [0.5, 0.6) is 0 Å².